The molecule has 0 N–H and O–H groups in total. The fourth-order valence-electron chi connectivity index (χ4n) is 4.51. The van der Waals surface area contributed by atoms with Crippen molar-refractivity contribution in [3.63, 3.8) is 0 Å². The molecule has 1 aromatic carbocycles. The van der Waals surface area contributed by atoms with Crippen LogP contribution in [0.15, 0.2) is 36.0 Å². The van der Waals surface area contributed by atoms with Crippen LogP contribution in [0.4, 0.5) is 0 Å². The third kappa shape index (κ3) is 4.37. The molecule has 29 heavy (non-hydrogen) atoms. The molecule has 0 saturated heterocycles. The standard InChI is InChI=1S/C23H28N2O3S/c1-2-25(16-9-3-4-10-16)21(26)15-28-23(27)18-12-6-5-11-17(18)22-24-19-13-7-8-14-20(19)29-22/h7-9,13-14,17-18H,2-6,10-12,15H2,1H3. The summed E-state index contributed by atoms with van der Waals surface area (Å²) in [6.45, 7) is 2.40. The number of ether oxygens (including phenoxy) is 1. The number of benzene rings is 1. The number of rotatable bonds is 6. The third-order valence-electron chi connectivity index (χ3n) is 6.02. The monoisotopic (exact) mass is 412 g/mol. The Labute approximate surface area is 175 Å². The number of thiazole rings is 1. The second kappa shape index (κ2) is 9.08. The number of carbonyl (C=O) groups excluding carboxylic acids is 2. The molecule has 0 aliphatic heterocycles. The zero-order chi connectivity index (χ0) is 20.2. The van der Waals surface area contributed by atoms with Crippen molar-refractivity contribution in [2.45, 2.75) is 57.8 Å². The van der Waals surface area contributed by atoms with Crippen LogP contribution in [0.3, 0.4) is 0 Å². The van der Waals surface area contributed by atoms with Gasteiger partial charge >= 0.3 is 5.97 Å². The fourth-order valence-corrected chi connectivity index (χ4v) is 5.68. The zero-order valence-electron chi connectivity index (χ0n) is 16.9. The Morgan fingerprint density at radius 1 is 1.21 bits per heavy atom. The van der Waals surface area contributed by atoms with Gasteiger partial charge in [-0.25, -0.2) is 4.98 Å². The van der Waals surface area contributed by atoms with E-state index < -0.39 is 0 Å². The van der Waals surface area contributed by atoms with Gasteiger partial charge in [0.1, 0.15) is 0 Å². The van der Waals surface area contributed by atoms with Gasteiger partial charge in [-0.05, 0) is 51.2 Å². The summed E-state index contributed by atoms with van der Waals surface area (Å²) in [6.07, 6.45) is 9.01. The Hall–Kier alpha value is -2.21. The zero-order valence-corrected chi connectivity index (χ0v) is 17.7. The molecule has 1 amide bonds. The molecule has 1 saturated carbocycles. The van der Waals surface area contributed by atoms with Gasteiger partial charge in [-0.1, -0.05) is 31.1 Å². The van der Waals surface area contributed by atoms with Gasteiger partial charge in [0.25, 0.3) is 5.91 Å². The number of fused-ring (bicyclic) bond motifs is 1. The van der Waals surface area contributed by atoms with E-state index in [1.807, 2.05) is 25.1 Å². The summed E-state index contributed by atoms with van der Waals surface area (Å²) in [5.74, 6) is -0.499. The van der Waals surface area contributed by atoms with Crippen molar-refractivity contribution in [2.24, 2.45) is 5.92 Å². The molecule has 1 fully saturated rings. The van der Waals surface area contributed by atoms with E-state index in [2.05, 4.69) is 12.1 Å². The number of aromatic nitrogens is 1. The molecular weight excluding hydrogens is 384 g/mol. The number of likely N-dealkylation sites (N-methyl/N-ethyl adjacent to an activating group) is 1. The number of para-hydroxylation sites is 1. The van der Waals surface area contributed by atoms with E-state index >= 15 is 0 Å². The molecule has 2 aliphatic carbocycles. The first-order valence-corrected chi connectivity index (χ1v) is 11.5. The van der Waals surface area contributed by atoms with Crippen molar-refractivity contribution in [2.75, 3.05) is 13.2 Å². The van der Waals surface area contributed by atoms with E-state index in [1.165, 1.54) is 0 Å². The van der Waals surface area contributed by atoms with E-state index in [-0.39, 0.29) is 30.3 Å². The Balaban J connectivity index is 1.42. The number of hydrogen-bond donors (Lipinski definition) is 0. The van der Waals surface area contributed by atoms with Crippen LogP contribution in [0.2, 0.25) is 0 Å². The number of carbonyl (C=O) groups is 2. The molecule has 4 rings (SSSR count). The number of esters is 1. The van der Waals surface area contributed by atoms with Crippen LogP contribution in [0.1, 0.15) is 62.8 Å². The quantitative estimate of drug-likeness (QED) is 0.625. The normalized spacial score (nSPS) is 21.8. The van der Waals surface area contributed by atoms with Gasteiger partial charge in [0, 0.05) is 18.2 Å². The topological polar surface area (TPSA) is 59.5 Å². The van der Waals surface area contributed by atoms with E-state index in [0.29, 0.717) is 6.54 Å². The van der Waals surface area contributed by atoms with Gasteiger partial charge in [-0.3, -0.25) is 9.59 Å². The average molecular weight is 413 g/mol. The summed E-state index contributed by atoms with van der Waals surface area (Å²) in [5.41, 5.74) is 2.06. The Morgan fingerprint density at radius 3 is 2.79 bits per heavy atom. The molecule has 2 atom stereocenters. The molecule has 0 spiro atoms. The van der Waals surface area contributed by atoms with Gasteiger partial charge in [-0.15, -0.1) is 11.3 Å². The Morgan fingerprint density at radius 2 is 2.03 bits per heavy atom. The lowest BCUT2D eigenvalue weighted by molar-refractivity contribution is -0.156. The predicted octanol–water partition coefficient (Wildman–Crippen LogP) is 5.03. The van der Waals surface area contributed by atoms with E-state index in [9.17, 15) is 9.59 Å². The largest absolute Gasteiger partial charge is 0.455 e. The smallest absolute Gasteiger partial charge is 0.310 e. The highest BCUT2D eigenvalue weighted by Gasteiger charge is 2.35. The molecule has 2 aliphatic rings. The molecule has 2 aromatic rings. The van der Waals surface area contributed by atoms with Crippen molar-refractivity contribution in [3.8, 4) is 0 Å². The summed E-state index contributed by atoms with van der Waals surface area (Å²) < 4.78 is 6.68. The number of hydrogen-bond acceptors (Lipinski definition) is 5. The second-order valence-corrected chi connectivity index (χ2v) is 8.91. The first-order valence-electron chi connectivity index (χ1n) is 10.7. The van der Waals surface area contributed by atoms with E-state index in [4.69, 9.17) is 9.72 Å². The number of allylic oxidation sites excluding steroid dienone is 2. The van der Waals surface area contributed by atoms with Crippen LogP contribution in [0.5, 0.6) is 0 Å². The number of nitrogens with zero attached hydrogens (tertiary/aromatic N) is 2. The molecule has 1 aromatic heterocycles. The number of amides is 1. The fraction of sp³-hybridized carbons (Fsp3) is 0.522. The average Bonchev–Trinajstić information content (AvgIpc) is 3.42. The summed E-state index contributed by atoms with van der Waals surface area (Å²) in [5, 5.41) is 1.02. The Kier molecular flexibility index (Phi) is 6.28. The highest BCUT2D eigenvalue weighted by molar-refractivity contribution is 7.18. The molecule has 0 radical (unpaired) electrons. The van der Waals surface area contributed by atoms with Crippen molar-refractivity contribution < 1.29 is 14.3 Å². The highest BCUT2D eigenvalue weighted by atomic mass is 32.1. The Bertz CT molecular complexity index is 887. The highest BCUT2D eigenvalue weighted by Crippen LogP contribution is 2.41. The summed E-state index contributed by atoms with van der Waals surface area (Å²) in [4.78, 5) is 32.1. The molecule has 5 nitrogen and oxygen atoms in total. The summed E-state index contributed by atoms with van der Waals surface area (Å²) >= 11 is 1.67. The van der Waals surface area contributed by atoms with Crippen molar-refractivity contribution in [3.05, 3.63) is 41.0 Å². The van der Waals surface area contributed by atoms with Crippen LogP contribution in [0.25, 0.3) is 10.2 Å². The van der Waals surface area contributed by atoms with Crippen LogP contribution < -0.4 is 0 Å². The molecule has 2 unspecified atom stereocenters. The lowest BCUT2D eigenvalue weighted by Crippen LogP contribution is -2.35. The van der Waals surface area contributed by atoms with Gasteiger partial charge in [0.15, 0.2) is 6.61 Å². The maximum atomic E-state index is 12.9. The van der Waals surface area contributed by atoms with Gasteiger partial charge in [0.2, 0.25) is 0 Å². The molecule has 0 bridgehead atoms. The first-order chi connectivity index (χ1) is 14.2. The minimum Gasteiger partial charge on any atom is -0.455 e. The maximum Gasteiger partial charge on any atom is 0.310 e. The lowest BCUT2D eigenvalue weighted by Gasteiger charge is -2.29. The third-order valence-corrected chi connectivity index (χ3v) is 7.18. The van der Waals surface area contributed by atoms with Crippen LogP contribution in [-0.2, 0) is 14.3 Å². The first kappa shape index (κ1) is 20.1. The molecule has 154 valence electrons. The second-order valence-electron chi connectivity index (χ2n) is 7.85. The summed E-state index contributed by atoms with van der Waals surface area (Å²) in [7, 11) is 0. The SMILES string of the molecule is CCN(C(=O)COC(=O)C1CCCCC1c1nc2ccccc2s1)C1=CCCC1. The molecular formula is C23H28N2O3S. The van der Waals surface area contributed by atoms with Crippen molar-refractivity contribution >= 4 is 33.4 Å². The van der Waals surface area contributed by atoms with Crippen molar-refractivity contribution in [1.29, 1.82) is 0 Å². The summed E-state index contributed by atoms with van der Waals surface area (Å²) in [6, 6.07) is 8.09. The van der Waals surface area contributed by atoms with Gasteiger partial charge in [0.05, 0.1) is 21.1 Å². The van der Waals surface area contributed by atoms with Crippen LogP contribution in [0, 0.1) is 5.92 Å². The van der Waals surface area contributed by atoms with Gasteiger partial charge in [-0.2, -0.15) is 0 Å². The minimum atomic E-state index is -0.251. The maximum absolute atomic E-state index is 12.9. The van der Waals surface area contributed by atoms with Crippen LogP contribution in [-0.4, -0.2) is 34.9 Å². The van der Waals surface area contributed by atoms with E-state index in [1.54, 1.807) is 16.2 Å². The van der Waals surface area contributed by atoms with Crippen LogP contribution >= 0.6 is 11.3 Å². The molecule has 1 heterocycles. The molecule has 6 heteroatoms. The van der Waals surface area contributed by atoms with Gasteiger partial charge < -0.3 is 9.64 Å². The minimum absolute atomic E-state index is 0.0866. The van der Waals surface area contributed by atoms with E-state index in [0.717, 1.165) is 65.9 Å². The van der Waals surface area contributed by atoms with Crippen molar-refractivity contribution in [1.82, 2.24) is 9.88 Å². The predicted molar refractivity (Wildman–Crippen MR) is 115 cm³/mol. The lowest BCUT2D eigenvalue weighted by atomic mass is 9.79.